The van der Waals surface area contributed by atoms with Crippen molar-refractivity contribution in [3.63, 3.8) is 0 Å². The summed E-state index contributed by atoms with van der Waals surface area (Å²) in [4.78, 5) is 7.74. The Balaban J connectivity index is 1.76. The molecule has 0 atom stereocenters. The van der Waals surface area contributed by atoms with Crippen LogP contribution in [0, 0.1) is 0 Å². The molecule has 5 heteroatoms. The maximum atomic E-state index is 5.50. The minimum absolute atomic E-state index is 0.308. The standard InChI is InChI=1S/C16H22BrN3O/c1-12(2)21-8-4-7-18-11-16-19-10-15(20-16)13-5-3-6-14(17)9-13/h3,5-6,9-10,12,18H,4,7-8,11H2,1-2H3,(H,19,20). The average Bonchev–Trinajstić information content (AvgIpc) is 2.91. The van der Waals surface area contributed by atoms with Crippen LogP contribution in [0.5, 0.6) is 0 Å². The van der Waals surface area contributed by atoms with Crippen molar-refractivity contribution in [1.29, 1.82) is 0 Å². The molecule has 0 aliphatic heterocycles. The van der Waals surface area contributed by atoms with Gasteiger partial charge in [0.05, 0.1) is 24.5 Å². The zero-order valence-electron chi connectivity index (χ0n) is 12.5. The minimum Gasteiger partial charge on any atom is -0.379 e. The molecule has 1 aromatic heterocycles. The number of ether oxygens (including phenoxy) is 1. The largest absolute Gasteiger partial charge is 0.379 e. The third kappa shape index (κ3) is 5.61. The van der Waals surface area contributed by atoms with Crippen LogP contribution >= 0.6 is 15.9 Å². The van der Waals surface area contributed by atoms with Gasteiger partial charge >= 0.3 is 0 Å². The summed E-state index contributed by atoms with van der Waals surface area (Å²) in [7, 11) is 0. The van der Waals surface area contributed by atoms with Gasteiger partial charge in [-0.3, -0.25) is 0 Å². The van der Waals surface area contributed by atoms with Crippen LogP contribution in [0.15, 0.2) is 34.9 Å². The fourth-order valence-electron chi connectivity index (χ4n) is 1.98. The van der Waals surface area contributed by atoms with E-state index in [2.05, 4.69) is 57.2 Å². The number of nitrogens with zero attached hydrogens (tertiary/aromatic N) is 1. The molecule has 2 N–H and O–H groups in total. The molecular formula is C16H22BrN3O. The van der Waals surface area contributed by atoms with Crippen LogP contribution in [0.4, 0.5) is 0 Å². The van der Waals surface area contributed by atoms with Crippen LogP contribution in [0.1, 0.15) is 26.1 Å². The van der Waals surface area contributed by atoms with Crippen LogP contribution in [-0.4, -0.2) is 29.2 Å². The Kier molecular flexibility index (Phi) is 6.42. The summed E-state index contributed by atoms with van der Waals surface area (Å²) in [5.41, 5.74) is 2.17. The maximum absolute atomic E-state index is 5.50. The second-order valence-electron chi connectivity index (χ2n) is 5.20. The maximum Gasteiger partial charge on any atom is 0.120 e. The highest BCUT2D eigenvalue weighted by atomic mass is 79.9. The van der Waals surface area contributed by atoms with Crippen molar-refractivity contribution in [3.8, 4) is 11.3 Å². The van der Waals surface area contributed by atoms with Gasteiger partial charge in [0.15, 0.2) is 0 Å². The van der Waals surface area contributed by atoms with E-state index >= 15 is 0 Å². The van der Waals surface area contributed by atoms with Gasteiger partial charge < -0.3 is 15.0 Å². The molecule has 0 saturated carbocycles. The van der Waals surface area contributed by atoms with E-state index in [1.807, 2.05) is 18.3 Å². The fourth-order valence-corrected chi connectivity index (χ4v) is 2.38. The monoisotopic (exact) mass is 351 g/mol. The summed E-state index contributed by atoms with van der Waals surface area (Å²) in [6.45, 7) is 6.58. The molecule has 1 aromatic carbocycles. The lowest BCUT2D eigenvalue weighted by Gasteiger charge is -2.07. The van der Waals surface area contributed by atoms with Crippen molar-refractivity contribution in [2.75, 3.05) is 13.2 Å². The van der Waals surface area contributed by atoms with Crippen LogP contribution < -0.4 is 5.32 Å². The second kappa shape index (κ2) is 8.32. The SMILES string of the molecule is CC(C)OCCCNCc1ncc(-c2cccc(Br)c2)[nH]1. The molecule has 21 heavy (non-hydrogen) atoms. The summed E-state index contributed by atoms with van der Waals surface area (Å²) in [6, 6.07) is 8.18. The summed E-state index contributed by atoms with van der Waals surface area (Å²) in [6.07, 6.45) is 3.20. The number of nitrogens with one attached hydrogen (secondary N) is 2. The Bertz CT molecular complexity index is 554. The Morgan fingerprint density at radius 2 is 2.24 bits per heavy atom. The number of H-pyrrole nitrogens is 1. The predicted molar refractivity (Wildman–Crippen MR) is 89.1 cm³/mol. The average molecular weight is 352 g/mol. The Morgan fingerprint density at radius 3 is 3.00 bits per heavy atom. The molecule has 4 nitrogen and oxygen atoms in total. The van der Waals surface area contributed by atoms with E-state index < -0.39 is 0 Å². The highest BCUT2D eigenvalue weighted by molar-refractivity contribution is 9.10. The topological polar surface area (TPSA) is 49.9 Å². The first-order valence-corrected chi connectivity index (χ1v) is 8.06. The molecule has 0 unspecified atom stereocenters. The molecule has 0 saturated heterocycles. The van der Waals surface area contributed by atoms with Gasteiger partial charge in [-0.05, 0) is 38.9 Å². The number of rotatable bonds is 8. The van der Waals surface area contributed by atoms with Gasteiger partial charge in [0.25, 0.3) is 0 Å². The molecule has 0 aliphatic rings. The van der Waals surface area contributed by atoms with Crippen molar-refractivity contribution in [1.82, 2.24) is 15.3 Å². The molecule has 0 bridgehead atoms. The number of hydrogen-bond acceptors (Lipinski definition) is 3. The van der Waals surface area contributed by atoms with E-state index in [-0.39, 0.29) is 0 Å². The molecule has 0 aliphatic carbocycles. The third-order valence-electron chi connectivity index (χ3n) is 3.01. The van der Waals surface area contributed by atoms with Crippen LogP contribution in [0.25, 0.3) is 11.3 Å². The van der Waals surface area contributed by atoms with Gasteiger partial charge in [-0.2, -0.15) is 0 Å². The number of halogens is 1. The normalized spacial score (nSPS) is 11.2. The first-order chi connectivity index (χ1) is 10.1. The van der Waals surface area contributed by atoms with E-state index in [4.69, 9.17) is 4.74 Å². The summed E-state index contributed by atoms with van der Waals surface area (Å²) in [5.74, 6) is 0.953. The lowest BCUT2D eigenvalue weighted by atomic mass is 10.2. The lowest BCUT2D eigenvalue weighted by Crippen LogP contribution is -2.18. The molecule has 0 amide bonds. The van der Waals surface area contributed by atoms with Gasteiger partial charge in [0.2, 0.25) is 0 Å². The highest BCUT2D eigenvalue weighted by Gasteiger charge is 2.03. The smallest absolute Gasteiger partial charge is 0.120 e. The molecule has 1 heterocycles. The van der Waals surface area contributed by atoms with E-state index in [1.165, 1.54) is 0 Å². The number of benzene rings is 1. The van der Waals surface area contributed by atoms with E-state index in [0.717, 1.165) is 47.7 Å². The third-order valence-corrected chi connectivity index (χ3v) is 3.50. The highest BCUT2D eigenvalue weighted by Crippen LogP contribution is 2.21. The molecule has 114 valence electrons. The lowest BCUT2D eigenvalue weighted by molar-refractivity contribution is 0.0770. The van der Waals surface area contributed by atoms with Gasteiger partial charge in [0, 0.05) is 16.6 Å². The molecule has 2 aromatic rings. The van der Waals surface area contributed by atoms with Crippen LogP contribution in [0.2, 0.25) is 0 Å². The van der Waals surface area contributed by atoms with Crippen LogP contribution in [0.3, 0.4) is 0 Å². The quantitative estimate of drug-likeness (QED) is 0.712. The number of imidazole rings is 1. The van der Waals surface area contributed by atoms with Gasteiger partial charge in [0.1, 0.15) is 5.82 Å². The Labute approximate surface area is 134 Å². The number of aromatic amines is 1. The second-order valence-corrected chi connectivity index (χ2v) is 6.12. The Morgan fingerprint density at radius 1 is 1.38 bits per heavy atom. The van der Waals surface area contributed by atoms with Crippen LogP contribution in [-0.2, 0) is 11.3 Å². The molecular weight excluding hydrogens is 330 g/mol. The Hall–Kier alpha value is -1.17. The molecule has 0 fully saturated rings. The summed E-state index contributed by atoms with van der Waals surface area (Å²) < 4.78 is 6.57. The van der Waals surface area contributed by atoms with Gasteiger partial charge in [-0.25, -0.2) is 4.98 Å². The van der Waals surface area contributed by atoms with Crippen molar-refractivity contribution >= 4 is 15.9 Å². The van der Waals surface area contributed by atoms with Crippen molar-refractivity contribution in [2.24, 2.45) is 0 Å². The molecule has 0 spiro atoms. The minimum atomic E-state index is 0.308. The number of hydrogen-bond donors (Lipinski definition) is 2. The van der Waals surface area contributed by atoms with Gasteiger partial charge in [-0.15, -0.1) is 0 Å². The zero-order chi connectivity index (χ0) is 15.1. The fraction of sp³-hybridized carbons (Fsp3) is 0.438. The van der Waals surface area contributed by atoms with Crippen molar-refractivity contribution in [3.05, 3.63) is 40.8 Å². The van der Waals surface area contributed by atoms with E-state index in [0.29, 0.717) is 6.10 Å². The molecule has 2 rings (SSSR count). The van der Waals surface area contributed by atoms with Crippen molar-refractivity contribution in [2.45, 2.75) is 32.9 Å². The first-order valence-electron chi connectivity index (χ1n) is 7.27. The summed E-state index contributed by atoms with van der Waals surface area (Å²) in [5, 5.41) is 3.37. The summed E-state index contributed by atoms with van der Waals surface area (Å²) >= 11 is 3.48. The molecule has 0 radical (unpaired) electrons. The first kappa shape index (κ1) is 16.2. The van der Waals surface area contributed by atoms with E-state index in [9.17, 15) is 0 Å². The zero-order valence-corrected chi connectivity index (χ0v) is 14.1. The van der Waals surface area contributed by atoms with Gasteiger partial charge in [-0.1, -0.05) is 28.1 Å². The van der Waals surface area contributed by atoms with E-state index in [1.54, 1.807) is 0 Å². The van der Waals surface area contributed by atoms with Crippen molar-refractivity contribution < 1.29 is 4.74 Å². The predicted octanol–water partition coefficient (Wildman–Crippen LogP) is 3.74. The number of aromatic nitrogens is 2.